The van der Waals surface area contributed by atoms with Gasteiger partial charge in [0.15, 0.2) is 0 Å². The molecule has 0 aromatic heterocycles. The normalized spacial score (nSPS) is 40.8. The van der Waals surface area contributed by atoms with E-state index in [1.54, 1.807) is 0 Å². The van der Waals surface area contributed by atoms with Crippen LogP contribution < -0.4 is 5.32 Å². The van der Waals surface area contributed by atoms with E-state index in [0.717, 1.165) is 17.2 Å². The summed E-state index contributed by atoms with van der Waals surface area (Å²) in [4.78, 5) is 0. The van der Waals surface area contributed by atoms with E-state index < -0.39 is 0 Å². The third-order valence-electron chi connectivity index (χ3n) is 3.31. The fourth-order valence-corrected chi connectivity index (χ4v) is 4.02. The van der Waals surface area contributed by atoms with Crippen LogP contribution in [0.5, 0.6) is 0 Å². The van der Waals surface area contributed by atoms with E-state index in [-0.39, 0.29) is 0 Å². The Labute approximate surface area is 86.0 Å². The average Bonchev–Trinajstić information content (AvgIpc) is 2.53. The van der Waals surface area contributed by atoms with Crippen LogP contribution in [0.1, 0.15) is 39.0 Å². The van der Waals surface area contributed by atoms with E-state index in [1.807, 2.05) is 0 Å². The zero-order chi connectivity index (χ0) is 9.10. The van der Waals surface area contributed by atoms with Crippen LogP contribution in [0.2, 0.25) is 0 Å². The first kappa shape index (κ1) is 9.85. The van der Waals surface area contributed by atoms with Gasteiger partial charge in [-0.2, -0.15) is 11.8 Å². The maximum atomic E-state index is 3.55. The van der Waals surface area contributed by atoms with Crippen molar-refractivity contribution >= 4 is 11.8 Å². The van der Waals surface area contributed by atoms with Crippen molar-refractivity contribution in [2.45, 2.75) is 50.3 Å². The standard InChI is InChI=1S/C11H21NS/c1-9-6-10(8-12-9)7-11-4-2-3-5-13-11/h9-12H,2-8H2,1H3. The number of rotatable bonds is 2. The van der Waals surface area contributed by atoms with Gasteiger partial charge in [-0.25, -0.2) is 0 Å². The van der Waals surface area contributed by atoms with Crippen molar-refractivity contribution in [3.8, 4) is 0 Å². The van der Waals surface area contributed by atoms with E-state index >= 15 is 0 Å². The molecule has 0 aromatic carbocycles. The SMILES string of the molecule is CC1CC(CC2CCCCS2)CN1. The maximum absolute atomic E-state index is 3.55. The van der Waals surface area contributed by atoms with Crippen LogP contribution in [-0.2, 0) is 0 Å². The predicted molar refractivity (Wildman–Crippen MR) is 60.3 cm³/mol. The third-order valence-corrected chi connectivity index (χ3v) is 4.74. The largest absolute Gasteiger partial charge is 0.314 e. The Morgan fingerprint density at radius 3 is 2.92 bits per heavy atom. The highest BCUT2D eigenvalue weighted by molar-refractivity contribution is 7.99. The lowest BCUT2D eigenvalue weighted by molar-refractivity contribution is 0.485. The van der Waals surface area contributed by atoms with Gasteiger partial charge in [0, 0.05) is 11.3 Å². The van der Waals surface area contributed by atoms with Gasteiger partial charge in [-0.15, -0.1) is 0 Å². The Morgan fingerprint density at radius 1 is 1.38 bits per heavy atom. The van der Waals surface area contributed by atoms with Gasteiger partial charge in [0.05, 0.1) is 0 Å². The van der Waals surface area contributed by atoms with Crippen LogP contribution in [0.4, 0.5) is 0 Å². The molecule has 2 rings (SSSR count). The molecule has 2 heteroatoms. The number of hydrogen-bond acceptors (Lipinski definition) is 2. The van der Waals surface area contributed by atoms with Crippen molar-refractivity contribution in [3.05, 3.63) is 0 Å². The highest BCUT2D eigenvalue weighted by Crippen LogP contribution is 2.32. The smallest absolute Gasteiger partial charge is 0.00501 e. The Bertz CT molecular complexity index is 151. The maximum Gasteiger partial charge on any atom is 0.00501 e. The van der Waals surface area contributed by atoms with Crippen LogP contribution in [-0.4, -0.2) is 23.6 Å². The highest BCUT2D eigenvalue weighted by Gasteiger charge is 2.24. The van der Waals surface area contributed by atoms with Gasteiger partial charge < -0.3 is 5.32 Å². The minimum atomic E-state index is 0.776. The molecule has 1 nitrogen and oxygen atoms in total. The summed E-state index contributed by atoms with van der Waals surface area (Å²) < 4.78 is 0. The van der Waals surface area contributed by atoms with Crippen molar-refractivity contribution in [1.82, 2.24) is 5.32 Å². The summed E-state index contributed by atoms with van der Waals surface area (Å²) in [5.41, 5.74) is 0. The van der Waals surface area contributed by atoms with Gasteiger partial charge in [-0.1, -0.05) is 6.42 Å². The molecular formula is C11H21NS. The molecule has 0 aliphatic carbocycles. The van der Waals surface area contributed by atoms with Crippen LogP contribution >= 0.6 is 11.8 Å². The molecule has 0 radical (unpaired) electrons. The molecule has 0 saturated carbocycles. The first-order valence-corrected chi connectivity index (χ1v) is 6.74. The molecule has 0 amide bonds. The van der Waals surface area contributed by atoms with Crippen LogP contribution in [0.3, 0.4) is 0 Å². The molecule has 13 heavy (non-hydrogen) atoms. The molecule has 2 fully saturated rings. The van der Waals surface area contributed by atoms with Crippen LogP contribution in [0, 0.1) is 5.92 Å². The Balaban J connectivity index is 1.71. The van der Waals surface area contributed by atoms with Gasteiger partial charge in [0.25, 0.3) is 0 Å². The first-order valence-electron chi connectivity index (χ1n) is 5.69. The summed E-state index contributed by atoms with van der Waals surface area (Å²) >= 11 is 2.22. The monoisotopic (exact) mass is 199 g/mol. The third kappa shape index (κ3) is 2.88. The molecule has 1 N–H and O–H groups in total. The van der Waals surface area contributed by atoms with Crippen LogP contribution in [0.15, 0.2) is 0 Å². The average molecular weight is 199 g/mol. The quantitative estimate of drug-likeness (QED) is 0.734. The van der Waals surface area contributed by atoms with Crippen molar-refractivity contribution in [2.24, 2.45) is 5.92 Å². The van der Waals surface area contributed by atoms with Gasteiger partial charge in [-0.05, 0) is 50.8 Å². The minimum Gasteiger partial charge on any atom is -0.314 e. The molecule has 2 aliphatic heterocycles. The van der Waals surface area contributed by atoms with E-state index in [4.69, 9.17) is 0 Å². The van der Waals surface area contributed by atoms with E-state index in [2.05, 4.69) is 24.0 Å². The molecule has 0 aromatic rings. The lowest BCUT2D eigenvalue weighted by Crippen LogP contribution is -2.18. The van der Waals surface area contributed by atoms with Crippen LogP contribution in [0.25, 0.3) is 0 Å². The summed E-state index contributed by atoms with van der Waals surface area (Å²) in [7, 11) is 0. The highest BCUT2D eigenvalue weighted by atomic mass is 32.2. The lowest BCUT2D eigenvalue weighted by Gasteiger charge is -2.23. The van der Waals surface area contributed by atoms with Gasteiger partial charge in [0.2, 0.25) is 0 Å². The molecule has 2 saturated heterocycles. The van der Waals surface area contributed by atoms with Crippen molar-refractivity contribution in [1.29, 1.82) is 0 Å². The summed E-state index contributed by atoms with van der Waals surface area (Å²) in [6, 6.07) is 0.776. The van der Waals surface area contributed by atoms with Crippen molar-refractivity contribution < 1.29 is 0 Å². The predicted octanol–water partition coefficient (Wildman–Crippen LogP) is 2.66. The molecule has 3 atom stereocenters. The van der Waals surface area contributed by atoms with Gasteiger partial charge in [0.1, 0.15) is 0 Å². The summed E-state index contributed by atoms with van der Waals surface area (Å²) in [5.74, 6) is 2.39. The fraction of sp³-hybridized carbons (Fsp3) is 1.00. The molecule has 0 bridgehead atoms. The number of thioether (sulfide) groups is 1. The van der Waals surface area contributed by atoms with E-state index in [0.29, 0.717) is 0 Å². The summed E-state index contributed by atoms with van der Waals surface area (Å²) in [5, 5.41) is 4.54. The molecule has 2 heterocycles. The second-order valence-electron chi connectivity index (χ2n) is 4.64. The Morgan fingerprint density at radius 2 is 2.31 bits per heavy atom. The Hall–Kier alpha value is 0.310. The second kappa shape index (κ2) is 4.70. The number of nitrogens with one attached hydrogen (secondary N) is 1. The van der Waals surface area contributed by atoms with Crippen molar-refractivity contribution in [2.75, 3.05) is 12.3 Å². The summed E-state index contributed by atoms with van der Waals surface area (Å²) in [6.45, 7) is 3.59. The molecule has 76 valence electrons. The van der Waals surface area contributed by atoms with Gasteiger partial charge >= 0.3 is 0 Å². The number of hydrogen-bond donors (Lipinski definition) is 1. The molecule has 2 aliphatic rings. The zero-order valence-corrected chi connectivity index (χ0v) is 9.41. The minimum absolute atomic E-state index is 0.776. The Kier molecular flexibility index (Phi) is 3.56. The lowest BCUT2D eigenvalue weighted by atomic mass is 9.98. The molecular weight excluding hydrogens is 178 g/mol. The second-order valence-corrected chi connectivity index (χ2v) is 6.04. The fourth-order valence-electron chi connectivity index (χ4n) is 2.58. The van der Waals surface area contributed by atoms with Crippen molar-refractivity contribution in [3.63, 3.8) is 0 Å². The topological polar surface area (TPSA) is 12.0 Å². The first-order chi connectivity index (χ1) is 6.34. The zero-order valence-electron chi connectivity index (χ0n) is 8.59. The summed E-state index contributed by atoms with van der Waals surface area (Å²) in [6.07, 6.45) is 7.31. The molecule has 3 unspecified atom stereocenters. The molecule has 0 spiro atoms. The van der Waals surface area contributed by atoms with Gasteiger partial charge in [-0.3, -0.25) is 0 Å². The van der Waals surface area contributed by atoms with E-state index in [9.17, 15) is 0 Å². The van der Waals surface area contributed by atoms with E-state index in [1.165, 1.54) is 44.4 Å².